The van der Waals surface area contributed by atoms with E-state index in [9.17, 15) is 4.39 Å². The molecule has 1 atom stereocenters. The van der Waals surface area contributed by atoms with Crippen molar-refractivity contribution >= 4 is 11.8 Å². The first-order chi connectivity index (χ1) is 8.27. The van der Waals surface area contributed by atoms with Crippen molar-refractivity contribution in [1.82, 2.24) is 5.43 Å². The predicted molar refractivity (Wildman–Crippen MR) is 70.9 cm³/mol. The highest BCUT2D eigenvalue weighted by Gasteiger charge is 2.08. The highest BCUT2D eigenvalue weighted by molar-refractivity contribution is 7.99. The summed E-state index contributed by atoms with van der Waals surface area (Å²) < 4.78 is 13.4. The van der Waals surface area contributed by atoms with Crippen LogP contribution in [-0.4, -0.2) is 11.8 Å². The second-order valence-electron chi connectivity index (χ2n) is 3.70. The third-order valence-electron chi connectivity index (χ3n) is 2.39. The zero-order chi connectivity index (χ0) is 12.5. The van der Waals surface area contributed by atoms with E-state index in [1.54, 1.807) is 12.1 Å². The molecule has 0 aliphatic heterocycles. The molecule has 0 aromatic heterocycles. The lowest BCUT2D eigenvalue weighted by molar-refractivity contribution is 0.523. The van der Waals surface area contributed by atoms with Gasteiger partial charge in [-0.1, -0.05) is 12.1 Å². The number of unbranched alkanes of at least 4 members (excludes halogenated alkanes) is 1. The molecule has 0 bridgehead atoms. The Labute approximate surface area is 106 Å². The lowest BCUT2D eigenvalue weighted by Crippen LogP contribution is -2.36. The van der Waals surface area contributed by atoms with Crippen molar-refractivity contribution in [3.05, 3.63) is 30.1 Å². The number of thioether (sulfide) groups is 1. The van der Waals surface area contributed by atoms with E-state index in [1.807, 2.05) is 6.07 Å². The highest BCUT2D eigenvalue weighted by Crippen LogP contribution is 2.22. The van der Waals surface area contributed by atoms with Crippen LogP contribution in [0.3, 0.4) is 0 Å². The number of halogens is 1. The first-order valence-corrected chi connectivity index (χ1v) is 6.53. The Balaban J connectivity index is 2.37. The van der Waals surface area contributed by atoms with Crippen LogP contribution < -0.4 is 11.3 Å². The van der Waals surface area contributed by atoms with Gasteiger partial charge in [-0.15, -0.1) is 24.1 Å². The number of nitrogens with two attached hydrogens (primary N) is 1. The number of nitrogens with one attached hydrogen (secondary N) is 1. The average molecular weight is 252 g/mol. The topological polar surface area (TPSA) is 38.0 Å². The Bertz CT molecular complexity index is 376. The molecule has 0 amide bonds. The van der Waals surface area contributed by atoms with Gasteiger partial charge in [0.15, 0.2) is 0 Å². The van der Waals surface area contributed by atoms with Gasteiger partial charge in [-0.2, -0.15) is 0 Å². The van der Waals surface area contributed by atoms with Gasteiger partial charge in [0.2, 0.25) is 0 Å². The SMILES string of the molecule is C#CCCCC(CSc1ccccc1F)NN. The molecule has 3 N–H and O–H groups in total. The molecule has 1 aromatic rings. The largest absolute Gasteiger partial charge is 0.271 e. The monoisotopic (exact) mass is 252 g/mol. The number of benzene rings is 1. The van der Waals surface area contributed by atoms with Crippen LogP contribution >= 0.6 is 11.8 Å². The molecule has 0 aliphatic rings. The number of hydrazine groups is 1. The van der Waals surface area contributed by atoms with Crippen LogP contribution in [0.25, 0.3) is 0 Å². The molecule has 1 aromatic carbocycles. The van der Waals surface area contributed by atoms with Crippen LogP contribution in [0.5, 0.6) is 0 Å². The van der Waals surface area contributed by atoms with Gasteiger partial charge in [0.25, 0.3) is 0 Å². The molecule has 0 heterocycles. The van der Waals surface area contributed by atoms with E-state index in [4.69, 9.17) is 12.3 Å². The molecule has 92 valence electrons. The van der Waals surface area contributed by atoms with Gasteiger partial charge in [0.05, 0.1) is 0 Å². The summed E-state index contributed by atoms with van der Waals surface area (Å²) in [5, 5.41) is 0. The van der Waals surface area contributed by atoms with Crippen molar-refractivity contribution in [3.8, 4) is 12.3 Å². The summed E-state index contributed by atoms with van der Waals surface area (Å²) in [6.45, 7) is 0. The molecule has 0 aliphatic carbocycles. The molecule has 0 saturated carbocycles. The van der Waals surface area contributed by atoms with E-state index in [0.717, 1.165) is 25.0 Å². The Morgan fingerprint density at radius 2 is 2.24 bits per heavy atom. The van der Waals surface area contributed by atoms with Gasteiger partial charge in [0, 0.05) is 23.1 Å². The van der Waals surface area contributed by atoms with E-state index < -0.39 is 0 Å². The zero-order valence-electron chi connectivity index (χ0n) is 9.66. The Hall–Kier alpha value is -1.02. The maximum Gasteiger partial charge on any atom is 0.136 e. The van der Waals surface area contributed by atoms with E-state index in [0.29, 0.717) is 4.90 Å². The number of rotatable bonds is 7. The fourth-order valence-electron chi connectivity index (χ4n) is 1.42. The zero-order valence-corrected chi connectivity index (χ0v) is 10.5. The fraction of sp³-hybridized carbons (Fsp3) is 0.385. The maximum absolute atomic E-state index is 13.4. The van der Waals surface area contributed by atoms with Crippen LogP contribution in [0, 0.1) is 18.2 Å². The Kier molecular flexibility index (Phi) is 6.71. The minimum Gasteiger partial charge on any atom is -0.271 e. The van der Waals surface area contributed by atoms with Crippen molar-refractivity contribution in [3.63, 3.8) is 0 Å². The molecular weight excluding hydrogens is 235 g/mol. The lowest BCUT2D eigenvalue weighted by Gasteiger charge is -2.14. The summed E-state index contributed by atoms with van der Waals surface area (Å²) in [6.07, 6.45) is 7.78. The maximum atomic E-state index is 13.4. The molecule has 1 rings (SSSR count). The van der Waals surface area contributed by atoms with Gasteiger partial charge < -0.3 is 0 Å². The van der Waals surface area contributed by atoms with Crippen molar-refractivity contribution in [2.75, 3.05) is 5.75 Å². The highest BCUT2D eigenvalue weighted by atomic mass is 32.2. The molecule has 17 heavy (non-hydrogen) atoms. The standard InChI is InChI=1S/C13H17FN2S/c1-2-3-4-7-11(16-15)10-17-13-9-6-5-8-12(13)14/h1,5-6,8-9,11,16H,3-4,7,10,15H2. The summed E-state index contributed by atoms with van der Waals surface area (Å²) in [5.41, 5.74) is 2.74. The minimum atomic E-state index is -0.183. The van der Waals surface area contributed by atoms with E-state index in [-0.39, 0.29) is 11.9 Å². The van der Waals surface area contributed by atoms with Crippen LogP contribution in [0.2, 0.25) is 0 Å². The molecular formula is C13H17FN2S. The Morgan fingerprint density at radius 3 is 2.88 bits per heavy atom. The van der Waals surface area contributed by atoms with E-state index in [2.05, 4.69) is 11.3 Å². The summed E-state index contributed by atoms with van der Waals surface area (Å²) in [6, 6.07) is 6.91. The molecule has 1 unspecified atom stereocenters. The van der Waals surface area contributed by atoms with Crippen LogP contribution in [0.4, 0.5) is 4.39 Å². The Morgan fingerprint density at radius 1 is 1.47 bits per heavy atom. The summed E-state index contributed by atoms with van der Waals surface area (Å²) in [5.74, 6) is 8.60. The normalized spacial score (nSPS) is 12.1. The van der Waals surface area contributed by atoms with Crippen molar-refractivity contribution in [1.29, 1.82) is 0 Å². The van der Waals surface area contributed by atoms with Crippen LogP contribution in [-0.2, 0) is 0 Å². The van der Waals surface area contributed by atoms with Gasteiger partial charge >= 0.3 is 0 Å². The molecule has 0 fully saturated rings. The smallest absolute Gasteiger partial charge is 0.136 e. The summed E-state index contributed by atoms with van der Waals surface area (Å²) >= 11 is 1.47. The first-order valence-electron chi connectivity index (χ1n) is 5.55. The first kappa shape index (κ1) is 14.0. The molecule has 0 radical (unpaired) electrons. The van der Waals surface area contributed by atoms with Gasteiger partial charge in [-0.25, -0.2) is 4.39 Å². The molecule has 2 nitrogen and oxygen atoms in total. The van der Waals surface area contributed by atoms with Gasteiger partial charge in [-0.3, -0.25) is 11.3 Å². The van der Waals surface area contributed by atoms with Crippen molar-refractivity contribution < 1.29 is 4.39 Å². The van der Waals surface area contributed by atoms with Crippen molar-refractivity contribution in [2.24, 2.45) is 5.84 Å². The van der Waals surface area contributed by atoms with E-state index >= 15 is 0 Å². The molecule has 4 heteroatoms. The van der Waals surface area contributed by atoms with Gasteiger partial charge in [-0.05, 0) is 25.0 Å². The summed E-state index contributed by atoms with van der Waals surface area (Å²) in [4.78, 5) is 0.657. The number of terminal acetylenes is 1. The molecule has 0 spiro atoms. The van der Waals surface area contributed by atoms with Gasteiger partial charge in [0.1, 0.15) is 5.82 Å². The van der Waals surface area contributed by atoms with Crippen LogP contribution in [0.15, 0.2) is 29.2 Å². The number of hydrogen-bond donors (Lipinski definition) is 2. The summed E-state index contributed by atoms with van der Waals surface area (Å²) in [7, 11) is 0. The predicted octanol–water partition coefficient (Wildman–Crippen LogP) is 2.55. The lowest BCUT2D eigenvalue weighted by atomic mass is 10.1. The third kappa shape index (κ3) is 5.22. The second-order valence-corrected chi connectivity index (χ2v) is 4.76. The molecule has 0 saturated heterocycles. The number of hydrogen-bond acceptors (Lipinski definition) is 3. The van der Waals surface area contributed by atoms with Crippen LogP contribution in [0.1, 0.15) is 19.3 Å². The quantitative estimate of drug-likeness (QED) is 0.257. The fourth-order valence-corrected chi connectivity index (χ4v) is 2.44. The van der Waals surface area contributed by atoms with Crippen molar-refractivity contribution in [2.45, 2.75) is 30.2 Å². The van der Waals surface area contributed by atoms with E-state index in [1.165, 1.54) is 17.8 Å². The third-order valence-corrected chi connectivity index (χ3v) is 3.60. The average Bonchev–Trinajstić information content (AvgIpc) is 2.35. The second kappa shape index (κ2) is 8.13. The minimum absolute atomic E-state index is 0.160.